The third-order valence-corrected chi connectivity index (χ3v) is 6.20. The molecule has 4 nitrogen and oxygen atoms in total. The molecule has 0 saturated carbocycles. The molecule has 1 aromatic rings. The number of nitrogens with zero attached hydrogens (tertiary/aromatic N) is 1. The zero-order valence-corrected chi connectivity index (χ0v) is 18.3. The first-order chi connectivity index (χ1) is 14.0. The molecule has 1 unspecified atom stereocenters. The minimum absolute atomic E-state index is 0.155. The number of likely N-dealkylation sites (tertiary alicyclic amines) is 1. The lowest BCUT2D eigenvalue weighted by molar-refractivity contribution is -0.174. The van der Waals surface area contributed by atoms with Gasteiger partial charge >= 0.3 is 6.18 Å². The number of hydrogen-bond acceptors (Lipinski definition) is 2. The van der Waals surface area contributed by atoms with E-state index in [9.17, 15) is 22.8 Å². The van der Waals surface area contributed by atoms with Crippen LogP contribution in [0, 0.1) is 18.8 Å². The lowest BCUT2D eigenvalue weighted by atomic mass is 9.88. The topological polar surface area (TPSA) is 49.4 Å². The molecule has 2 amide bonds. The molecule has 0 aromatic heterocycles. The van der Waals surface area contributed by atoms with E-state index in [0.717, 1.165) is 19.8 Å². The highest BCUT2D eigenvalue weighted by atomic mass is 19.4. The van der Waals surface area contributed by atoms with Crippen LogP contribution in [0.3, 0.4) is 0 Å². The average molecular weight is 427 g/mol. The van der Waals surface area contributed by atoms with E-state index in [2.05, 4.69) is 29.6 Å². The van der Waals surface area contributed by atoms with Crippen LogP contribution in [0.15, 0.2) is 24.3 Å². The minimum Gasteiger partial charge on any atom is -0.344 e. The van der Waals surface area contributed by atoms with Crippen molar-refractivity contribution in [3.8, 4) is 0 Å². The van der Waals surface area contributed by atoms with Gasteiger partial charge in [0.2, 0.25) is 11.8 Å². The van der Waals surface area contributed by atoms with E-state index in [1.807, 2.05) is 20.8 Å². The first kappa shape index (κ1) is 24.2. The maximum Gasteiger partial charge on any atom is 0.392 e. The molecule has 0 bridgehead atoms. The Morgan fingerprint density at radius 2 is 1.70 bits per heavy atom. The van der Waals surface area contributed by atoms with Gasteiger partial charge in [-0.3, -0.25) is 9.59 Å². The van der Waals surface area contributed by atoms with Crippen LogP contribution in [0.25, 0.3) is 0 Å². The van der Waals surface area contributed by atoms with Crippen LogP contribution in [0.5, 0.6) is 0 Å². The molecule has 7 heteroatoms. The Morgan fingerprint density at radius 3 is 2.20 bits per heavy atom. The third kappa shape index (κ3) is 6.47. The highest BCUT2D eigenvalue weighted by Crippen LogP contribution is 2.30. The summed E-state index contributed by atoms with van der Waals surface area (Å²) in [5, 5.41) is 2.59. The molecule has 1 aliphatic heterocycles. The number of hydrogen-bond donors (Lipinski definition) is 1. The average Bonchev–Trinajstić information content (AvgIpc) is 2.71. The Kier molecular flexibility index (Phi) is 8.33. The van der Waals surface area contributed by atoms with Gasteiger partial charge in [-0.15, -0.1) is 0 Å². The first-order valence-electron chi connectivity index (χ1n) is 10.7. The normalized spacial score (nSPS) is 18.6. The molecule has 0 spiro atoms. The van der Waals surface area contributed by atoms with E-state index >= 15 is 0 Å². The quantitative estimate of drug-likeness (QED) is 0.680. The SMILES string of the molecule is CC[C@H](C)[C@@H](NC(=O)CC(C)C(F)(F)F)C(=O)N1CCC(c2ccc(C)cc2)CC1. The maximum absolute atomic E-state index is 13.1. The van der Waals surface area contributed by atoms with Gasteiger partial charge in [0.25, 0.3) is 0 Å². The Labute approximate surface area is 177 Å². The Bertz CT molecular complexity index is 710. The Morgan fingerprint density at radius 1 is 1.13 bits per heavy atom. The zero-order valence-electron chi connectivity index (χ0n) is 18.3. The second-order valence-electron chi connectivity index (χ2n) is 8.59. The molecule has 1 aromatic carbocycles. The fraction of sp³-hybridized carbons (Fsp3) is 0.652. The Balaban J connectivity index is 1.98. The molecule has 1 saturated heterocycles. The number of halogens is 3. The largest absolute Gasteiger partial charge is 0.392 e. The number of piperidine rings is 1. The van der Waals surface area contributed by atoms with E-state index < -0.39 is 30.5 Å². The van der Waals surface area contributed by atoms with Gasteiger partial charge in [0, 0.05) is 19.5 Å². The number of rotatable bonds is 7. The maximum atomic E-state index is 13.1. The molecule has 3 atom stereocenters. The van der Waals surface area contributed by atoms with Crippen LogP contribution >= 0.6 is 0 Å². The van der Waals surface area contributed by atoms with Crippen molar-refractivity contribution in [1.29, 1.82) is 0 Å². The summed E-state index contributed by atoms with van der Waals surface area (Å²) in [5.41, 5.74) is 2.47. The first-order valence-corrected chi connectivity index (χ1v) is 10.7. The van der Waals surface area contributed by atoms with Gasteiger partial charge in [-0.25, -0.2) is 0 Å². The fourth-order valence-corrected chi connectivity index (χ4v) is 3.78. The molecule has 1 N–H and O–H groups in total. The summed E-state index contributed by atoms with van der Waals surface area (Å²) in [6.07, 6.45) is -2.78. The molecule has 1 fully saturated rings. The summed E-state index contributed by atoms with van der Waals surface area (Å²) in [4.78, 5) is 27.0. The molecular weight excluding hydrogens is 393 g/mol. The summed E-state index contributed by atoms with van der Waals surface area (Å²) in [6.45, 7) is 7.94. The van der Waals surface area contributed by atoms with Crippen molar-refractivity contribution in [2.45, 2.75) is 71.5 Å². The number of carbonyl (C=O) groups is 2. The van der Waals surface area contributed by atoms with Crippen molar-refractivity contribution in [3.05, 3.63) is 35.4 Å². The molecule has 0 radical (unpaired) electrons. The summed E-state index contributed by atoms with van der Waals surface area (Å²) >= 11 is 0. The van der Waals surface area contributed by atoms with E-state index in [1.165, 1.54) is 11.1 Å². The standard InChI is InChI=1S/C23H33F3N2O2/c1-5-16(3)21(27-20(29)14-17(4)23(24,25)26)22(30)28-12-10-19(11-13-28)18-8-6-15(2)7-9-18/h6-9,16-17,19,21H,5,10-14H2,1-4H3,(H,27,29)/t16-,17?,21+/m0/s1. The number of carbonyl (C=O) groups excluding carboxylic acids is 2. The van der Waals surface area contributed by atoms with Gasteiger partial charge in [0.1, 0.15) is 6.04 Å². The van der Waals surface area contributed by atoms with Gasteiger partial charge in [0.05, 0.1) is 5.92 Å². The molecule has 1 aliphatic rings. The van der Waals surface area contributed by atoms with Gasteiger partial charge in [-0.1, -0.05) is 57.0 Å². The van der Waals surface area contributed by atoms with Crippen LogP contribution < -0.4 is 5.32 Å². The predicted molar refractivity (Wildman–Crippen MR) is 111 cm³/mol. The van der Waals surface area contributed by atoms with Crippen molar-refractivity contribution in [3.63, 3.8) is 0 Å². The number of nitrogens with one attached hydrogen (secondary N) is 1. The molecule has 2 rings (SSSR count). The lowest BCUT2D eigenvalue weighted by Crippen LogP contribution is -2.53. The van der Waals surface area contributed by atoms with Gasteiger partial charge in [-0.05, 0) is 37.2 Å². The van der Waals surface area contributed by atoms with Crippen molar-refractivity contribution < 1.29 is 22.8 Å². The minimum atomic E-state index is -4.43. The summed E-state index contributed by atoms with van der Waals surface area (Å²) < 4.78 is 38.3. The molecule has 30 heavy (non-hydrogen) atoms. The molecule has 1 heterocycles. The van der Waals surface area contributed by atoms with E-state index in [1.54, 1.807) is 4.90 Å². The Hall–Kier alpha value is -2.05. The van der Waals surface area contributed by atoms with Crippen molar-refractivity contribution in [2.24, 2.45) is 11.8 Å². The lowest BCUT2D eigenvalue weighted by Gasteiger charge is -2.36. The van der Waals surface area contributed by atoms with E-state index in [4.69, 9.17) is 0 Å². The highest BCUT2D eigenvalue weighted by molar-refractivity contribution is 5.88. The van der Waals surface area contributed by atoms with E-state index in [0.29, 0.717) is 25.4 Å². The fourth-order valence-electron chi connectivity index (χ4n) is 3.78. The van der Waals surface area contributed by atoms with Crippen molar-refractivity contribution in [2.75, 3.05) is 13.1 Å². The van der Waals surface area contributed by atoms with Crippen LogP contribution in [0.2, 0.25) is 0 Å². The summed E-state index contributed by atoms with van der Waals surface area (Å²) in [5.74, 6) is -2.43. The molecule has 0 aliphatic carbocycles. The van der Waals surface area contributed by atoms with Gasteiger partial charge in [0.15, 0.2) is 0 Å². The zero-order chi connectivity index (χ0) is 22.5. The monoisotopic (exact) mass is 426 g/mol. The van der Waals surface area contributed by atoms with Crippen LogP contribution in [-0.4, -0.2) is 42.0 Å². The van der Waals surface area contributed by atoms with Crippen LogP contribution in [0.4, 0.5) is 13.2 Å². The van der Waals surface area contributed by atoms with Gasteiger partial charge < -0.3 is 10.2 Å². The number of amides is 2. The van der Waals surface area contributed by atoms with E-state index in [-0.39, 0.29) is 11.8 Å². The number of alkyl halides is 3. The molecular formula is C23H33F3N2O2. The second kappa shape index (κ2) is 10.3. The van der Waals surface area contributed by atoms with Gasteiger partial charge in [-0.2, -0.15) is 13.2 Å². The van der Waals surface area contributed by atoms with Crippen molar-refractivity contribution in [1.82, 2.24) is 10.2 Å². The van der Waals surface area contributed by atoms with Crippen molar-refractivity contribution >= 4 is 11.8 Å². The number of aryl methyl sites for hydroxylation is 1. The molecule has 168 valence electrons. The summed E-state index contributed by atoms with van der Waals surface area (Å²) in [7, 11) is 0. The second-order valence-corrected chi connectivity index (χ2v) is 8.59. The highest BCUT2D eigenvalue weighted by Gasteiger charge is 2.38. The smallest absolute Gasteiger partial charge is 0.344 e. The predicted octanol–water partition coefficient (Wildman–Crippen LogP) is 4.82. The third-order valence-electron chi connectivity index (χ3n) is 6.20. The summed E-state index contributed by atoms with van der Waals surface area (Å²) in [6, 6.07) is 7.63. The van der Waals surface area contributed by atoms with Crippen LogP contribution in [0.1, 0.15) is 63.5 Å². The number of benzene rings is 1. The van der Waals surface area contributed by atoms with Crippen LogP contribution in [-0.2, 0) is 9.59 Å².